The first-order valence-corrected chi connectivity index (χ1v) is 9.93. The maximum atomic E-state index is 10.5. The molecule has 25 heavy (non-hydrogen) atoms. The lowest BCUT2D eigenvalue weighted by atomic mass is 9.79. The van der Waals surface area contributed by atoms with E-state index >= 15 is 0 Å². The summed E-state index contributed by atoms with van der Waals surface area (Å²) in [7, 11) is 0. The standard InChI is InChI=1S/C20H34O5/c1-2-3-4-7-15(21)9-10-16-17(19-12-11-18(16)25-19)14-24-13-6-5-8-20(22)23/h9-10,15-19,21H,2-8,11-14H2,1H3,(H,22,23)/b10-9+/t15?,16-,17+,18-,19+/m1/s1. The van der Waals surface area contributed by atoms with E-state index in [-0.39, 0.29) is 24.7 Å². The number of carboxylic acids is 1. The Hall–Kier alpha value is -0.910. The lowest BCUT2D eigenvalue weighted by molar-refractivity contribution is -0.137. The van der Waals surface area contributed by atoms with Gasteiger partial charge in [-0.1, -0.05) is 38.3 Å². The molecule has 2 heterocycles. The predicted molar refractivity (Wildman–Crippen MR) is 96.5 cm³/mol. The molecule has 0 saturated carbocycles. The number of hydrogen-bond acceptors (Lipinski definition) is 4. The van der Waals surface area contributed by atoms with Gasteiger partial charge in [0.2, 0.25) is 0 Å². The van der Waals surface area contributed by atoms with Crippen molar-refractivity contribution in [3.05, 3.63) is 12.2 Å². The van der Waals surface area contributed by atoms with E-state index in [1.807, 2.05) is 6.08 Å². The third-order valence-corrected chi connectivity index (χ3v) is 5.39. The van der Waals surface area contributed by atoms with E-state index in [9.17, 15) is 9.90 Å². The lowest BCUT2D eigenvalue weighted by Gasteiger charge is -2.25. The summed E-state index contributed by atoms with van der Waals surface area (Å²) < 4.78 is 11.8. The number of aliphatic hydroxyl groups excluding tert-OH is 1. The number of ether oxygens (including phenoxy) is 2. The Morgan fingerprint density at radius 3 is 2.80 bits per heavy atom. The molecule has 144 valence electrons. The Morgan fingerprint density at radius 1 is 1.24 bits per heavy atom. The average Bonchev–Trinajstić information content (AvgIpc) is 3.17. The van der Waals surface area contributed by atoms with E-state index in [0.717, 1.165) is 32.1 Å². The molecule has 0 aromatic heterocycles. The van der Waals surface area contributed by atoms with Gasteiger partial charge < -0.3 is 19.7 Å². The van der Waals surface area contributed by atoms with E-state index in [2.05, 4.69) is 13.0 Å². The summed E-state index contributed by atoms with van der Waals surface area (Å²) in [6.45, 7) is 3.44. The van der Waals surface area contributed by atoms with E-state index in [1.165, 1.54) is 12.8 Å². The monoisotopic (exact) mass is 354 g/mol. The van der Waals surface area contributed by atoms with Crippen LogP contribution in [0.4, 0.5) is 0 Å². The zero-order chi connectivity index (χ0) is 18.1. The highest BCUT2D eigenvalue weighted by atomic mass is 16.5. The second kappa shape index (κ2) is 10.9. The maximum Gasteiger partial charge on any atom is 0.303 e. The highest BCUT2D eigenvalue weighted by Crippen LogP contribution is 2.44. The van der Waals surface area contributed by atoms with Crippen LogP contribution in [0.15, 0.2) is 12.2 Å². The SMILES string of the molecule is CCCCCC(O)/C=C/[C@@H]1[C@H](COCCCCC(=O)O)[C@@H]2CC[C@H]1O2. The van der Waals surface area contributed by atoms with Gasteiger partial charge in [-0.15, -0.1) is 0 Å². The van der Waals surface area contributed by atoms with Gasteiger partial charge in [-0.3, -0.25) is 4.79 Å². The summed E-state index contributed by atoms with van der Waals surface area (Å²) in [6, 6.07) is 0. The van der Waals surface area contributed by atoms with Crippen molar-refractivity contribution in [3.8, 4) is 0 Å². The normalized spacial score (nSPS) is 29.5. The average molecular weight is 354 g/mol. The van der Waals surface area contributed by atoms with Crippen molar-refractivity contribution in [2.45, 2.75) is 83.0 Å². The fourth-order valence-electron chi connectivity index (χ4n) is 3.95. The van der Waals surface area contributed by atoms with Crippen LogP contribution in [0.3, 0.4) is 0 Å². The van der Waals surface area contributed by atoms with Crippen LogP contribution in [-0.4, -0.2) is 47.7 Å². The van der Waals surface area contributed by atoms with Crippen molar-refractivity contribution in [2.75, 3.05) is 13.2 Å². The molecular weight excluding hydrogens is 320 g/mol. The molecule has 5 nitrogen and oxygen atoms in total. The van der Waals surface area contributed by atoms with E-state index in [0.29, 0.717) is 31.5 Å². The van der Waals surface area contributed by atoms with Gasteiger partial charge in [0.25, 0.3) is 0 Å². The number of carboxylic acid groups (broad SMARTS) is 1. The second-order valence-electron chi connectivity index (χ2n) is 7.41. The van der Waals surface area contributed by atoms with Gasteiger partial charge in [0.1, 0.15) is 0 Å². The molecule has 0 radical (unpaired) electrons. The summed E-state index contributed by atoms with van der Waals surface area (Å²) >= 11 is 0. The number of aliphatic hydroxyl groups is 1. The van der Waals surface area contributed by atoms with Crippen LogP contribution >= 0.6 is 0 Å². The van der Waals surface area contributed by atoms with Crippen LogP contribution in [-0.2, 0) is 14.3 Å². The molecule has 0 spiro atoms. The Kier molecular flexibility index (Phi) is 8.93. The number of unbranched alkanes of at least 4 members (excludes halogenated alkanes) is 3. The first-order chi connectivity index (χ1) is 12.1. The zero-order valence-electron chi connectivity index (χ0n) is 15.4. The third-order valence-electron chi connectivity index (χ3n) is 5.39. The number of aliphatic carboxylic acids is 1. The number of fused-ring (bicyclic) bond motifs is 2. The topological polar surface area (TPSA) is 76.0 Å². The minimum absolute atomic E-state index is 0.210. The minimum Gasteiger partial charge on any atom is -0.481 e. The van der Waals surface area contributed by atoms with E-state index in [1.54, 1.807) is 0 Å². The summed E-state index contributed by atoms with van der Waals surface area (Å²) in [5, 5.41) is 18.7. The molecule has 2 aliphatic rings. The third kappa shape index (κ3) is 6.72. The molecule has 2 saturated heterocycles. The minimum atomic E-state index is -0.746. The Morgan fingerprint density at radius 2 is 2.04 bits per heavy atom. The van der Waals surface area contributed by atoms with Crippen LogP contribution in [0, 0.1) is 11.8 Å². The first kappa shape index (κ1) is 20.4. The highest BCUT2D eigenvalue weighted by molar-refractivity contribution is 5.66. The predicted octanol–water partition coefficient (Wildman–Crippen LogP) is 3.55. The molecule has 0 amide bonds. The Labute approximate surface area is 151 Å². The van der Waals surface area contributed by atoms with Gasteiger partial charge in [0, 0.05) is 24.9 Å². The smallest absolute Gasteiger partial charge is 0.303 e. The van der Waals surface area contributed by atoms with E-state index in [4.69, 9.17) is 14.6 Å². The Bertz CT molecular complexity index is 422. The zero-order valence-corrected chi connectivity index (χ0v) is 15.4. The molecule has 2 rings (SSSR count). The molecule has 2 aliphatic heterocycles. The molecule has 0 aromatic rings. The number of hydrogen-bond donors (Lipinski definition) is 2. The summed E-state index contributed by atoms with van der Waals surface area (Å²) in [6.07, 6.45) is 12.4. The van der Waals surface area contributed by atoms with Crippen molar-refractivity contribution in [1.82, 2.24) is 0 Å². The van der Waals surface area contributed by atoms with Gasteiger partial charge in [-0.05, 0) is 32.1 Å². The fraction of sp³-hybridized carbons (Fsp3) is 0.850. The molecule has 2 bridgehead atoms. The molecule has 1 unspecified atom stereocenters. The van der Waals surface area contributed by atoms with Gasteiger partial charge in [-0.2, -0.15) is 0 Å². The van der Waals surface area contributed by atoms with Crippen molar-refractivity contribution >= 4 is 5.97 Å². The van der Waals surface area contributed by atoms with Crippen LogP contribution in [0.1, 0.15) is 64.7 Å². The van der Waals surface area contributed by atoms with Gasteiger partial charge in [-0.25, -0.2) is 0 Å². The van der Waals surface area contributed by atoms with Crippen LogP contribution in [0.5, 0.6) is 0 Å². The van der Waals surface area contributed by atoms with Crippen molar-refractivity contribution < 1.29 is 24.5 Å². The molecule has 2 fully saturated rings. The molecule has 5 atom stereocenters. The summed E-state index contributed by atoms with van der Waals surface area (Å²) in [4.78, 5) is 10.5. The van der Waals surface area contributed by atoms with Crippen LogP contribution in [0.2, 0.25) is 0 Å². The second-order valence-corrected chi connectivity index (χ2v) is 7.41. The highest BCUT2D eigenvalue weighted by Gasteiger charge is 2.47. The molecule has 0 aromatic carbocycles. The van der Waals surface area contributed by atoms with Crippen molar-refractivity contribution in [3.63, 3.8) is 0 Å². The van der Waals surface area contributed by atoms with Crippen molar-refractivity contribution in [2.24, 2.45) is 11.8 Å². The molecule has 0 aliphatic carbocycles. The van der Waals surface area contributed by atoms with Crippen molar-refractivity contribution in [1.29, 1.82) is 0 Å². The van der Waals surface area contributed by atoms with Gasteiger partial charge in [0.05, 0.1) is 24.9 Å². The van der Waals surface area contributed by atoms with Gasteiger partial charge >= 0.3 is 5.97 Å². The molecule has 2 N–H and O–H groups in total. The lowest BCUT2D eigenvalue weighted by Crippen LogP contribution is -2.30. The largest absolute Gasteiger partial charge is 0.481 e. The maximum absolute atomic E-state index is 10.5. The Balaban J connectivity index is 1.71. The van der Waals surface area contributed by atoms with Crippen LogP contribution in [0.25, 0.3) is 0 Å². The fourth-order valence-corrected chi connectivity index (χ4v) is 3.95. The first-order valence-electron chi connectivity index (χ1n) is 9.93. The van der Waals surface area contributed by atoms with Gasteiger partial charge in [0.15, 0.2) is 0 Å². The molecular formula is C20H34O5. The summed E-state index contributed by atoms with van der Waals surface area (Å²) in [5.74, 6) is -0.0555. The quantitative estimate of drug-likeness (QED) is 0.391. The van der Waals surface area contributed by atoms with E-state index < -0.39 is 5.97 Å². The summed E-state index contributed by atoms with van der Waals surface area (Å²) in [5.41, 5.74) is 0. The number of carbonyl (C=O) groups is 1. The van der Waals surface area contributed by atoms with Crippen LogP contribution < -0.4 is 0 Å². The number of rotatable bonds is 13. The molecule has 5 heteroatoms.